The van der Waals surface area contributed by atoms with E-state index in [2.05, 4.69) is 0 Å². The van der Waals surface area contributed by atoms with Crippen LogP contribution in [0.25, 0.3) is 0 Å². The summed E-state index contributed by atoms with van der Waals surface area (Å²) in [4.78, 5) is 21.2. The van der Waals surface area contributed by atoms with E-state index in [9.17, 15) is 14.7 Å². The molecule has 0 bridgehead atoms. The zero-order valence-corrected chi connectivity index (χ0v) is 9.06. The van der Waals surface area contributed by atoms with Gasteiger partial charge in [0.05, 0.1) is 16.0 Å². The van der Waals surface area contributed by atoms with Crippen LogP contribution in [0.3, 0.4) is 0 Å². The molecule has 0 fully saturated rings. The Hall–Kier alpha value is -1.26. The Balaban J connectivity index is 3.21. The summed E-state index contributed by atoms with van der Waals surface area (Å²) < 4.78 is 4.69. The van der Waals surface area contributed by atoms with E-state index in [0.29, 0.717) is 0 Å². The molecule has 1 aromatic rings. The number of esters is 1. The molecule has 0 N–H and O–H groups in total. The van der Waals surface area contributed by atoms with E-state index in [0.717, 1.165) is 12.1 Å². The van der Waals surface area contributed by atoms with Crippen LogP contribution in [0.2, 0.25) is 10.0 Å². The van der Waals surface area contributed by atoms with Crippen molar-refractivity contribution < 1.29 is 19.4 Å². The van der Waals surface area contributed by atoms with Crippen molar-refractivity contribution in [1.82, 2.24) is 0 Å². The number of carboxylic acids is 1. The minimum atomic E-state index is -1.41. The van der Waals surface area contributed by atoms with E-state index < -0.39 is 11.9 Å². The molecule has 1 rings (SSSR count). The van der Waals surface area contributed by atoms with E-state index in [1.54, 1.807) is 0 Å². The standard InChI is InChI=1S/C9H6Cl2O4/c1-4(12)15-8-6(10)2-5(9(13)14)3-7(8)11/h2-3H,1H3,(H,13,14)/p-1. The number of carboxylic acid groups (broad SMARTS) is 1. The summed E-state index contributed by atoms with van der Waals surface area (Å²) in [6.45, 7) is 1.18. The summed E-state index contributed by atoms with van der Waals surface area (Å²) >= 11 is 11.3. The second-order valence-electron chi connectivity index (χ2n) is 2.65. The Morgan fingerprint density at radius 1 is 1.27 bits per heavy atom. The smallest absolute Gasteiger partial charge is 0.308 e. The quantitative estimate of drug-likeness (QED) is 0.584. The van der Waals surface area contributed by atoms with Crippen LogP contribution in [-0.4, -0.2) is 11.9 Å². The predicted molar refractivity (Wildman–Crippen MR) is 52.1 cm³/mol. The maximum atomic E-state index is 10.7. The molecule has 0 aromatic heterocycles. The Morgan fingerprint density at radius 3 is 2.07 bits per heavy atom. The first-order valence-electron chi connectivity index (χ1n) is 3.80. The van der Waals surface area contributed by atoms with Crippen LogP contribution in [-0.2, 0) is 4.79 Å². The summed E-state index contributed by atoms with van der Waals surface area (Å²) in [6, 6.07) is 2.20. The van der Waals surface area contributed by atoms with E-state index in [1.165, 1.54) is 6.92 Å². The first-order chi connectivity index (χ1) is 6.91. The van der Waals surface area contributed by atoms with Crippen molar-refractivity contribution in [2.45, 2.75) is 6.92 Å². The molecule has 80 valence electrons. The van der Waals surface area contributed by atoms with Gasteiger partial charge in [0.15, 0.2) is 5.75 Å². The average molecular weight is 248 g/mol. The zero-order chi connectivity index (χ0) is 11.6. The number of ether oxygens (including phenoxy) is 1. The molecule has 0 saturated heterocycles. The van der Waals surface area contributed by atoms with Crippen LogP contribution < -0.4 is 9.84 Å². The molecule has 0 spiro atoms. The molecule has 0 saturated carbocycles. The minimum Gasteiger partial charge on any atom is -0.545 e. The highest BCUT2D eigenvalue weighted by Crippen LogP contribution is 2.34. The van der Waals surface area contributed by atoms with Gasteiger partial charge in [0.2, 0.25) is 0 Å². The maximum Gasteiger partial charge on any atom is 0.308 e. The second kappa shape index (κ2) is 4.51. The van der Waals surface area contributed by atoms with Crippen molar-refractivity contribution in [3.05, 3.63) is 27.7 Å². The van der Waals surface area contributed by atoms with Gasteiger partial charge in [-0.1, -0.05) is 23.2 Å². The molecule has 0 amide bonds. The van der Waals surface area contributed by atoms with Gasteiger partial charge in [0.25, 0.3) is 0 Å². The van der Waals surface area contributed by atoms with E-state index in [1.807, 2.05) is 0 Å². The Kier molecular flexibility index (Phi) is 3.55. The molecule has 6 heteroatoms. The van der Waals surface area contributed by atoms with E-state index in [4.69, 9.17) is 27.9 Å². The number of benzene rings is 1. The molecular weight excluding hydrogens is 243 g/mol. The molecule has 0 atom stereocenters. The van der Waals surface area contributed by atoms with Gasteiger partial charge in [-0.25, -0.2) is 0 Å². The maximum absolute atomic E-state index is 10.7. The fourth-order valence-corrected chi connectivity index (χ4v) is 1.48. The van der Waals surface area contributed by atoms with Crippen molar-refractivity contribution in [2.75, 3.05) is 0 Å². The number of carbonyl (C=O) groups excluding carboxylic acids is 2. The van der Waals surface area contributed by atoms with Crippen LogP contribution in [0.1, 0.15) is 17.3 Å². The lowest BCUT2D eigenvalue weighted by atomic mass is 10.2. The molecule has 0 heterocycles. The van der Waals surface area contributed by atoms with Gasteiger partial charge in [-0.15, -0.1) is 0 Å². The summed E-state index contributed by atoms with van der Waals surface area (Å²) in [5, 5.41) is 10.4. The topological polar surface area (TPSA) is 66.4 Å². The molecule has 15 heavy (non-hydrogen) atoms. The summed E-state index contributed by atoms with van der Waals surface area (Å²) in [7, 11) is 0. The van der Waals surface area contributed by atoms with Crippen molar-refractivity contribution >= 4 is 35.1 Å². The van der Waals surface area contributed by atoms with E-state index in [-0.39, 0.29) is 21.4 Å². The Morgan fingerprint density at radius 2 is 1.73 bits per heavy atom. The SMILES string of the molecule is CC(=O)Oc1c(Cl)cc(C(=O)[O-])cc1Cl. The third kappa shape index (κ3) is 2.84. The fraction of sp³-hybridized carbons (Fsp3) is 0.111. The van der Waals surface area contributed by atoms with Crippen LogP contribution in [0.4, 0.5) is 0 Å². The van der Waals surface area contributed by atoms with Gasteiger partial charge >= 0.3 is 5.97 Å². The largest absolute Gasteiger partial charge is 0.545 e. The van der Waals surface area contributed by atoms with Crippen molar-refractivity contribution in [3.63, 3.8) is 0 Å². The van der Waals surface area contributed by atoms with Crippen LogP contribution in [0.15, 0.2) is 12.1 Å². The summed E-state index contributed by atoms with van der Waals surface area (Å²) in [5.74, 6) is -2.07. The third-order valence-corrected chi connectivity index (χ3v) is 2.04. The van der Waals surface area contributed by atoms with Gasteiger partial charge in [-0.2, -0.15) is 0 Å². The van der Waals surface area contributed by atoms with Crippen molar-refractivity contribution in [2.24, 2.45) is 0 Å². The first kappa shape index (κ1) is 11.8. The van der Waals surface area contributed by atoms with Gasteiger partial charge in [0.1, 0.15) is 0 Å². The Labute approximate surface area is 95.4 Å². The molecule has 0 unspecified atom stereocenters. The number of hydrogen-bond acceptors (Lipinski definition) is 4. The number of rotatable bonds is 2. The average Bonchev–Trinajstić information content (AvgIpc) is 2.10. The lowest BCUT2D eigenvalue weighted by Crippen LogP contribution is -2.22. The molecular formula is C9H5Cl2O4-. The predicted octanol–water partition coefficient (Wildman–Crippen LogP) is 1.28. The normalized spacial score (nSPS) is 9.80. The zero-order valence-electron chi connectivity index (χ0n) is 7.54. The molecule has 0 aliphatic heterocycles. The highest BCUT2D eigenvalue weighted by molar-refractivity contribution is 6.37. The van der Waals surface area contributed by atoms with Crippen LogP contribution >= 0.6 is 23.2 Å². The monoisotopic (exact) mass is 247 g/mol. The lowest BCUT2D eigenvalue weighted by Gasteiger charge is -2.09. The van der Waals surface area contributed by atoms with Gasteiger partial charge < -0.3 is 14.6 Å². The highest BCUT2D eigenvalue weighted by Gasteiger charge is 2.11. The highest BCUT2D eigenvalue weighted by atomic mass is 35.5. The summed E-state index contributed by atoms with van der Waals surface area (Å²) in [6.07, 6.45) is 0. The number of aromatic carboxylic acids is 1. The molecule has 4 nitrogen and oxygen atoms in total. The van der Waals surface area contributed by atoms with Gasteiger partial charge in [-0.05, 0) is 12.1 Å². The fourth-order valence-electron chi connectivity index (χ4n) is 0.919. The third-order valence-electron chi connectivity index (χ3n) is 1.48. The van der Waals surface area contributed by atoms with Crippen LogP contribution in [0.5, 0.6) is 5.75 Å². The molecule has 1 aromatic carbocycles. The minimum absolute atomic E-state index is 0.0584. The first-order valence-corrected chi connectivity index (χ1v) is 4.56. The van der Waals surface area contributed by atoms with Gasteiger partial charge in [0, 0.05) is 12.5 Å². The van der Waals surface area contributed by atoms with Gasteiger partial charge in [-0.3, -0.25) is 4.79 Å². The molecule has 0 radical (unpaired) electrons. The molecule has 0 aliphatic carbocycles. The Bertz CT molecular complexity index is 405. The number of halogens is 2. The number of carbonyl (C=O) groups is 2. The van der Waals surface area contributed by atoms with Crippen LogP contribution in [0, 0.1) is 0 Å². The molecule has 0 aliphatic rings. The van der Waals surface area contributed by atoms with E-state index >= 15 is 0 Å². The van der Waals surface area contributed by atoms with Crippen molar-refractivity contribution in [1.29, 1.82) is 0 Å². The number of hydrogen-bond donors (Lipinski definition) is 0. The second-order valence-corrected chi connectivity index (χ2v) is 3.46. The summed E-state index contributed by atoms with van der Waals surface area (Å²) in [5.41, 5.74) is -0.180. The lowest BCUT2D eigenvalue weighted by molar-refractivity contribution is -0.255. The van der Waals surface area contributed by atoms with Crippen molar-refractivity contribution in [3.8, 4) is 5.75 Å².